The number of piperidine rings is 1. The average molecular weight is 277 g/mol. The molecule has 1 fully saturated rings. The van der Waals surface area contributed by atoms with E-state index in [9.17, 15) is 9.90 Å². The van der Waals surface area contributed by atoms with E-state index in [1.54, 1.807) is 0 Å². The van der Waals surface area contributed by atoms with Gasteiger partial charge in [0.2, 0.25) is 0 Å². The highest BCUT2D eigenvalue weighted by Crippen LogP contribution is 2.34. The van der Waals surface area contributed by atoms with E-state index >= 15 is 0 Å². The number of nitrogens with zero attached hydrogens (tertiary/aromatic N) is 1. The molecule has 0 aliphatic carbocycles. The van der Waals surface area contributed by atoms with E-state index in [0.717, 1.165) is 31.5 Å². The SMILES string of the molecule is O=C(O)C(c1ccc2c(c1)OCCO2)N1CCCCC1. The normalized spacial score (nSPS) is 20.4. The fourth-order valence-corrected chi connectivity index (χ4v) is 2.92. The predicted molar refractivity (Wildman–Crippen MR) is 73.2 cm³/mol. The second-order valence-electron chi connectivity index (χ2n) is 5.24. The minimum atomic E-state index is -0.802. The second kappa shape index (κ2) is 5.71. The summed E-state index contributed by atoms with van der Waals surface area (Å²) in [6.07, 6.45) is 3.31. The van der Waals surface area contributed by atoms with E-state index in [1.165, 1.54) is 6.42 Å². The molecule has 1 N–H and O–H groups in total. The molecule has 5 heteroatoms. The van der Waals surface area contributed by atoms with Gasteiger partial charge >= 0.3 is 5.97 Å². The first-order chi connectivity index (χ1) is 9.75. The Hall–Kier alpha value is -1.75. The molecule has 1 aromatic carbocycles. The molecule has 0 aromatic heterocycles. The van der Waals surface area contributed by atoms with E-state index in [1.807, 2.05) is 23.1 Å². The third-order valence-electron chi connectivity index (χ3n) is 3.87. The molecule has 20 heavy (non-hydrogen) atoms. The average Bonchev–Trinajstić information content (AvgIpc) is 2.48. The van der Waals surface area contributed by atoms with E-state index in [-0.39, 0.29) is 0 Å². The molecule has 2 aliphatic heterocycles. The molecule has 0 radical (unpaired) electrons. The van der Waals surface area contributed by atoms with Crippen molar-refractivity contribution in [2.45, 2.75) is 25.3 Å². The van der Waals surface area contributed by atoms with Crippen molar-refractivity contribution in [3.05, 3.63) is 23.8 Å². The largest absolute Gasteiger partial charge is 0.486 e. The van der Waals surface area contributed by atoms with Crippen LogP contribution in [0.1, 0.15) is 30.9 Å². The molecule has 2 heterocycles. The first-order valence-corrected chi connectivity index (χ1v) is 7.12. The van der Waals surface area contributed by atoms with Crippen molar-refractivity contribution in [2.24, 2.45) is 0 Å². The number of ether oxygens (including phenoxy) is 2. The zero-order valence-corrected chi connectivity index (χ0v) is 11.4. The fraction of sp³-hybridized carbons (Fsp3) is 0.533. The van der Waals surface area contributed by atoms with Gasteiger partial charge in [-0.3, -0.25) is 9.69 Å². The lowest BCUT2D eigenvalue weighted by molar-refractivity contribution is -0.144. The Morgan fingerprint density at radius 3 is 2.50 bits per heavy atom. The van der Waals surface area contributed by atoms with Crippen LogP contribution >= 0.6 is 0 Å². The van der Waals surface area contributed by atoms with Gasteiger partial charge in [0.1, 0.15) is 19.3 Å². The van der Waals surface area contributed by atoms with Crippen LogP contribution in [0.5, 0.6) is 11.5 Å². The molecule has 0 amide bonds. The summed E-state index contributed by atoms with van der Waals surface area (Å²) in [6.45, 7) is 2.73. The zero-order chi connectivity index (χ0) is 13.9. The van der Waals surface area contributed by atoms with E-state index in [2.05, 4.69) is 0 Å². The van der Waals surface area contributed by atoms with Crippen molar-refractivity contribution < 1.29 is 19.4 Å². The van der Waals surface area contributed by atoms with Gasteiger partial charge in [-0.05, 0) is 43.6 Å². The van der Waals surface area contributed by atoms with Crippen LogP contribution in [-0.2, 0) is 4.79 Å². The quantitative estimate of drug-likeness (QED) is 0.916. The van der Waals surface area contributed by atoms with E-state index < -0.39 is 12.0 Å². The first kappa shape index (κ1) is 13.2. The summed E-state index contributed by atoms with van der Waals surface area (Å²) in [4.78, 5) is 13.7. The van der Waals surface area contributed by atoms with Gasteiger partial charge in [-0.25, -0.2) is 0 Å². The minimum Gasteiger partial charge on any atom is -0.486 e. The number of rotatable bonds is 3. The van der Waals surface area contributed by atoms with Gasteiger partial charge in [0.05, 0.1) is 0 Å². The molecule has 108 valence electrons. The Bertz CT molecular complexity index is 497. The van der Waals surface area contributed by atoms with Crippen LogP contribution in [0, 0.1) is 0 Å². The van der Waals surface area contributed by atoms with Crippen LogP contribution in [0.3, 0.4) is 0 Å². The smallest absolute Gasteiger partial charge is 0.325 e. The number of aliphatic carboxylic acids is 1. The molecule has 1 atom stereocenters. The summed E-state index contributed by atoms with van der Waals surface area (Å²) in [5, 5.41) is 9.57. The maximum absolute atomic E-state index is 11.7. The fourth-order valence-electron chi connectivity index (χ4n) is 2.92. The number of benzene rings is 1. The van der Waals surface area contributed by atoms with Crippen LogP contribution in [0.15, 0.2) is 18.2 Å². The molecule has 1 unspecified atom stereocenters. The van der Waals surface area contributed by atoms with Crippen LogP contribution < -0.4 is 9.47 Å². The highest BCUT2D eigenvalue weighted by molar-refractivity contribution is 5.76. The van der Waals surface area contributed by atoms with Gasteiger partial charge in [0.25, 0.3) is 0 Å². The number of carboxylic acid groups (broad SMARTS) is 1. The standard InChI is InChI=1S/C15H19NO4/c17-15(18)14(16-6-2-1-3-7-16)11-4-5-12-13(10-11)20-9-8-19-12/h4-5,10,14H,1-3,6-9H2,(H,17,18). The Labute approximate surface area is 118 Å². The molecular weight excluding hydrogens is 258 g/mol. The summed E-state index contributed by atoms with van der Waals surface area (Å²) in [5.41, 5.74) is 0.767. The van der Waals surface area contributed by atoms with Gasteiger partial charge in [-0.2, -0.15) is 0 Å². The molecule has 0 bridgehead atoms. The molecular formula is C15H19NO4. The van der Waals surface area contributed by atoms with E-state index in [0.29, 0.717) is 24.7 Å². The third kappa shape index (κ3) is 2.58. The van der Waals surface area contributed by atoms with Crippen molar-refractivity contribution in [2.75, 3.05) is 26.3 Å². The van der Waals surface area contributed by atoms with Crippen molar-refractivity contribution >= 4 is 5.97 Å². The molecule has 2 aliphatic rings. The topological polar surface area (TPSA) is 59.0 Å². The maximum Gasteiger partial charge on any atom is 0.325 e. The van der Waals surface area contributed by atoms with Crippen molar-refractivity contribution in [3.8, 4) is 11.5 Å². The van der Waals surface area contributed by atoms with Gasteiger partial charge in [0, 0.05) is 0 Å². The van der Waals surface area contributed by atoms with Gasteiger partial charge in [-0.1, -0.05) is 12.5 Å². The van der Waals surface area contributed by atoms with Crippen molar-refractivity contribution in [1.82, 2.24) is 4.90 Å². The van der Waals surface area contributed by atoms with Gasteiger partial charge in [0.15, 0.2) is 11.5 Å². The molecule has 0 spiro atoms. The van der Waals surface area contributed by atoms with Gasteiger partial charge < -0.3 is 14.6 Å². The lowest BCUT2D eigenvalue weighted by atomic mass is 10.0. The van der Waals surface area contributed by atoms with Crippen LogP contribution in [0.4, 0.5) is 0 Å². The molecule has 3 rings (SSSR count). The predicted octanol–water partition coefficient (Wildman–Crippen LogP) is 2.07. The first-order valence-electron chi connectivity index (χ1n) is 7.12. The van der Waals surface area contributed by atoms with Crippen LogP contribution in [0.2, 0.25) is 0 Å². The third-order valence-corrected chi connectivity index (χ3v) is 3.87. The summed E-state index contributed by atoms with van der Waals surface area (Å²) < 4.78 is 11.0. The van der Waals surface area contributed by atoms with Crippen molar-refractivity contribution in [1.29, 1.82) is 0 Å². The lowest BCUT2D eigenvalue weighted by Crippen LogP contribution is -2.37. The Morgan fingerprint density at radius 2 is 1.80 bits per heavy atom. The van der Waals surface area contributed by atoms with Crippen LogP contribution in [-0.4, -0.2) is 42.3 Å². The highest BCUT2D eigenvalue weighted by Gasteiger charge is 2.29. The number of hydrogen-bond donors (Lipinski definition) is 1. The van der Waals surface area contributed by atoms with Gasteiger partial charge in [-0.15, -0.1) is 0 Å². The Kier molecular flexibility index (Phi) is 3.78. The number of carbonyl (C=O) groups is 1. The molecule has 1 aromatic rings. The molecule has 0 saturated carbocycles. The number of likely N-dealkylation sites (tertiary alicyclic amines) is 1. The minimum absolute atomic E-state index is 0.512. The number of hydrogen-bond acceptors (Lipinski definition) is 4. The zero-order valence-electron chi connectivity index (χ0n) is 11.4. The summed E-state index contributed by atoms with van der Waals surface area (Å²) in [6, 6.07) is 4.86. The molecule has 1 saturated heterocycles. The van der Waals surface area contributed by atoms with Crippen molar-refractivity contribution in [3.63, 3.8) is 0 Å². The second-order valence-corrected chi connectivity index (χ2v) is 5.24. The number of carboxylic acids is 1. The Morgan fingerprint density at radius 1 is 1.10 bits per heavy atom. The summed E-state index contributed by atoms with van der Waals surface area (Å²) >= 11 is 0. The Balaban J connectivity index is 1.88. The lowest BCUT2D eigenvalue weighted by Gasteiger charge is -2.32. The van der Waals surface area contributed by atoms with Crippen LogP contribution in [0.25, 0.3) is 0 Å². The van der Waals surface area contributed by atoms with E-state index in [4.69, 9.17) is 9.47 Å². The monoisotopic (exact) mass is 277 g/mol. The highest BCUT2D eigenvalue weighted by atomic mass is 16.6. The maximum atomic E-state index is 11.7. The summed E-state index contributed by atoms with van der Waals surface area (Å²) in [5.74, 6) is 0.545. The molecule has 5 nitrogen and oxygen atoms in total. The number of fused-ring (bicyclic) bond motifs is 1. The summed E-state index contributed by atoms with van der Waals surface area (Å²) in [7, 11) is 0.